The molecular formula is C21H21BrN2O6. The average Bonchev–Trinajstić information content (AvgIpc) is 2.76. The van der Waals surface area contributed by atoms with Gasteiger partial charge in [-0.3, -0.25) is 15.0 Å². The Morgan fingerprint density at radius 3 is 2.40 bits per heavy atom. The third-order valence-corrected chi connectivity index (χ3v) is 4.52. The van der Waals surface area contributed by atoms with Crippen molar-refractivity contribution in [3.63, 3.8) is 0 Å². The number of aliphatic hydroxyl groups excluding tert-OH is 1. The molecule has 2 N–H and O–H groups in total. The molecule has 30 heavy (non-hydrogen) atoms. The summed E-state index contributed by atoms with van der Waals surface area (Å²) in [5, 5.41) is 14.7. The van der Waals surface area contributed by atoms with E-state index in [0.717, 1.165) is 10.7 Å². The van der Waals surface area contributed by atoms with Crippen LogP contribution in [0.3, 0.4) is 0 Å². The Kier molecular flexibility index (Phi) is 8.42. The highest BCUT2D eigenvalue weighted by molar-refractivity contribution is 9.10. The number of hydrogen-bond donors (Lipinski definition) is 2. The van der Waals surface area contributed by atoms with Crippen molar-refractivity contribution in [3.8, 4) is 11.5 Å². The van der Waals surface area contributed by atoms with Crippen LogP contribution in [-0.4, -0.2) is 44.4 Å². The predicted molar refractivity (Wildman–Crippen MR) is 117 cm³/mol. The summed E-state index contributed by atoms with van der Waals surface area (Å²) in [6, 6.07) is 11.7. The van der Waals surface area contributed by atoms with Crippen molar-refractivity contribution in [1.29, 1.82) is 0 Å². The number of nitrogens with zero attached hydrogens (tertiary/aromatic N) is 1. The predicted octanol–water partition coefficient (Wildman–Crippen LogP) is 3.97. The number of aliphatic hydroxyl groups is 1. The Morgan fingerprint density at radius 1 is 1.10 bits per heavy atom. The highest BCUT2D eigenvalue weighted by Crippen LogP contribution is 2.29. The standard InChI is InChI=1S/C21H21BrN2O6/c1-28-15-8-9-17(19(10-15)29-2)24-23-12-16(18(25)11-20(26)30-3)21(27)13-4-6-14(22)7-5-13/h4-10,12,24,27H,11H2,1-3H3. The first-order valence-electron chi connectivity index (χ1n) is 8.69. The van der Waals surface area contributed by atoms with Crippen LogP contribution in [0.1, 0.15) is 12.0 Å². The lowest BCUT2D eigenvalue weighted by Crippen LogP contribution is -2.14. The molecular weight excluding hydrogens is 456 g/mol. The van der Waals surface area contributed by atoms with E-state index in [-0.39, 0.29) is 11.3 Å². The second kappa shape index (κ2) is 11.0. The van der Waals surface area contributed by atoms with Gasteiger partial charge in [0, 0.05) is 16.1 Å². The molecule has 8 nitrogen and oxygen atoms in total. The molecule has 0 spiro atoms. The number of rotatable bonds is 9. The summed E-state index contributed by atoms with van der Waals surface area (Å²) < 4.78 is 15.8. The second-order valence-corrected chi connectivity index (χ2v) is 6.80. The fraction of sp³-hybridized carbons (Fsp3) is 0.190. The van der Waals surface area contributed by atoms with Gasteiger partial charge in [0.25, 0.3) is 0 Å². The molecule has 0 amide bonds. The number of methoxy groups -OCH3 is 3. The number of halogens is 1. The molecule has 2 aromatic rings. The molecule has 2 rings (SSSR count). The number of hydrogen-bond acceptors (Lipinski definition) is 8. The fourth-order valence-electron chi connectivity index (χ4n) is 2.38. The third kappa shape index (κ3) is 6.08. The molecule has 0 unspecified atom stereocenters. The molecule has 0 aliphatic rings. The van der Waals surface area contributed by atoms with Crippen molar-refractivity contribution < 1.29 is 28.9 Å². The maximum absolute atomic E-state index is 12.6. The number of Topliss-reactive ketones (excluding diaryl/α,β-unsaturated/α-hetero) is 1. The maximum Gasteiger partial charge on any atom is 0.313 e. The minimum Gasteiger partial charge on any atom is -0.507 e. The van der Waals surface area contributed by atoms with E-state index in [4.69, 9.17) is 9.47 Å². The van der Waals surface area contributed by atoms with E-state index in [1.165, 1.54) is 21.3 Å². The van der Waals surface area contributed by atoms with E-state index < -0.39 is 18.2 Å². The monoisotopic (exact) mass is 476 g/mol. The summed E-state index contributed by atoms with van der Waals surface area (Å²) in [6.07, 6.45) is 0.608. The molecule has 0 radical (unpaired) electrons. The summed E-state index contributed by atoms with van der Waals surface area (Å²) in [5.74, 6) is -0.615. The largest absolute Gasteiger partial charge is 0.507 e. The quantitative estimate of drug-likeness (QED) is 0.141. The van der Waals surface area contributed by atoms with E-state index in [1.54, 1.807) is 42.5 Å². The normalized spacial score (nSPS) is 11.6. The Bertz CT molecular complexity index is 970. The third-order valence-electron chi connectivity index (χ3n) is 3.99. The number of ether oxygens (including phenoxy) is 3. The van der Waals surface area contributed by atoms with E-state index >= 15 is 0 Å². The molecule has 0 aliphatic heterocycles. The molecule has 0 aliphatic carbocycles. The molecule has 0 saturated heterocycles. The van der Waals surface area contributed by atoms with Crippen LogP contribution in [0.2, 0.25) is 0 Å². The Morgan fingerprint density at radius 2 is 1.80 bits per heavy atom. The van der Waals surface area contributed by atoms with Gasteiger partial charge in [0.2, 0.25) is 0 Å². The van der Waals surface area contributed by atoms with Crippen molar-refractivity contribution in [1.82, 2.24) is 0 Å². The molecule has 0 aromatic heterocycles. The van der Waals surface area contributed by atoms with Crippen LogP contribution in [0, 0.1) is 0 Å². The molecule has 0 saturated carbocycles. The number of nitrogens with one attached hydrogen (secondary N) is 1. The smallest absolute Gasteiger partial charge is 0.313 e. The molecule has 0 atom stereocenters. The first-order chi connectivity index (χ1) is 14.4. The summed E-state index contributed by atoms with van der Waals surface area (Å²) in [4.78, 5) is 24.1. The zero-order valence-electron chi connectivity index (χ0n) is 16.6. The van der Waals surface area contributed by atoms with E-state index in [9.17, 15) is 14.7 Å². The first-order valence-corrected chi connectivity index (χ1v) is 9.49. The van der Waals surface area contributed by atoms with Crippen LogP contribution < -0.4 is 14.9 Å². The van der Waals surface area contributed by atoms with Gasteiger partial charge in [-0.1, -0.05) is 28.1 Å². The lowest BCUT2D eigenvalue weighted by atomic mass is 10.0. The van der Waals surface area contributed by atoms with Gasteiger partial charge in [-0.15, -0.1) is 0 Å². The number of carbonyl (C=O) groups is 2. The van der Waals surface area contributed by atoms with Crippen LogP contribution in [0.5, 0.6) is 11.5 Å². The molecule has 158 valence electrons. The number of carbonyl (C=O) groups excluding carboxylic acids is 2. The number of ketones is 1. The van der Waals surface area contributed by atoms with Gasteiger partial charge in [0.15, 0.2) is 5.78 Å². The van der Waals surface area contributed by atoms with Gasteiger partial charge in [-0.2, -0.15) is 5.10 Å². The summed E-state index contributed by atoms with van der Waals surface area (Å²) in [5.41, 5.74) is 3.50. The molecule has 0 bridgehead atoms. The summed E-state index contributed by atoms with van der Waals surface area (Å²) >= 11 is 3.31. The SMILES string of the molecule is COC(=O)CC(=O)C(C=NNc1ccc(OC)cc1OC)=C(O)c1ccc(Br)cc1. The fourth-order valence-corrected chi connectivity index (χ4v) is 2.65. The van der Waals surface area contributed by atoms with Crippen molar-refractivity contribution >= 4 is 45.3 Å². The highest BCUT2D eigenvalue weighted by Gasteiger charge is 2.19. The van der Waals surface area contributed by atoms with Crippen molar-refractivity contribution in [2.45, 2.75) is 6.42 Å². The van der Waals surface area contributed by atoms with Crippen LogP contribution in [0.25, 0.3) is 5.76 Å². The lowest BCUT2D eigenvalue weighted by molar-refractivity contribution is -0.142. The van der Waals surface area contributed by atoms with Gasteiger partial charge in [-0.05, 0) is 24.3 Å². The minimum absolute atomic E-state index is 0.150. The van der Waals surface area contributed by atoms with Gasteiger partial charge < -0.3 is 19.3 Å². The van der Waals surface area contributed by atoms with Crippen LogP contribution >= 0.6 is 15.9 Å². The molecule has 0 fully saturated rings. The van der Waals surface area contributed by atoms with Crippen molar-refractivity contribution in [2.75, 3.05) is 26.8 Å². The van der Waals surface area contributed by atoms with Crippen molar-refractivity contribution in [2.24, 2.45) is 5.10 Å². The number of hydrazone groups is 1. The zero-order valence-corrected chi connectivity index (χ0v) is 18.2. The topological polar surface area (TPSA) is 106 Å². The van der Waals surface area contributed by atoms with Crippen LogP contribution in [-0.2, 0) is 14.3 Å². The average molecular weight is 477 g/mol. The second-order valence-electron chi connectivity index (χ2n) is 5.88. The lowest BCUT2D eigenvalue weighted by Gasteiger charge is -2.10. The van der Waals surface area contributed by atoms with E-state index in [2.05, 4.69) is 31.2 Å². The number of esters is 1. The number of benzene rings is 2. The Balaban J connectivity index is 2.35. The van der Waals surface area contributed by atoms with Crippen molar-refractivity contribution in [3.05, 3.63) is 58.1 Å². The Labute approximate surface area is 182 Å². The van der Waals surface area contributed by atoms with E-state index in [0.29, 0.717) is 22.7 Å². The van der Waals surface area contributed by atoms with E-state index in [1.807, 2.05) is 0 Å². The first kappa shape index (κ1) is 23.0. The van der Waals surface area contributed by atoms with Gasteiger partial charge in [0.1, 0.15) is 23.7 Å². The molecule has 0 heterocycles. The summed E-state index contributed by atoms with van der Waals surface area (Å²) in [6.45, 7) is 0. The highest BCUT2D eigenvalue weighted by atomic mass is 79.9. The number of allylic oxidation sites excluding steroid dienone is 1. The van der Waals surface area contributed by atoms with Gasteiger partial charge >= 0.3 is 5.97 Å². The Hall–Kier alpha value is -3.33. The zero-order chi connectivity index (χ0) is 22.1. The van der Waals surface area contributed by atoms with Gasteiger partial charge in [-0.25, -0.2) is 0 Å². The summed E-state index contributed by atoms with van der Waals surface area (Å²) in [7, 11) is 4.21. The molecule has 2 aromatic carbocycles. The number of anilines is 1. The molecule has 9 heteroatoms. The van der Waals surface area contributed by atoms with Gasteiger partial charge in [0.05, 0.1) is 38.8 Å². The minimum atomic E-state index is -0.723. The van der Waals surface area contributed by atoms with Crippen LogP contribution in [0.15, 0.2) is 57.6 Å². The maximum atomic E-state index is 12.6. The van der Waals surface area contributed by atoms with Crippen LogP contribution in [0.4, 0.5) is 5.69 Å².